The van der Waals surface area contributed by atoms with Crippen LogP contribution < -0.4 is 0 Å². The van der Waals surface area contributed by atoms with Gasteiger partial charge in [-0.05, 0) is 35.6 Å². The lowest BCUT2D eigenvalue weighted by Gasteiger charge is -2.38. The average molecular weight is 521 g/mol. The molecule has 0 saturated heterocycles. The third-order valence-electron chi connectivity index (χ3n) is 7.49. The number of carbonyl (C=O) groups excluding carboxylic acids is 3. The fourth-order valence-electron chi connectivity index (χ4n) is 4.91. The van der Waals surface area contributed by atoms with Crippen LogP contribution in [-0.4, -0.2) is 67.2 Å². The number of hydrogen-bond acceptors (Lipinski definition) is 5. The zero-order valence-corrected chi connectivity index (χ0v) is 23.4. The minimum absolute atomic E-state index is 0.0795. The quantitative estimate of drug-likeness (QED) is 0.218. The van der Waals surface area contributed by atoms with Crippen molar-refractivity contribution in [1.82, 2.24) is 9.80 Å². The summed E-state index contributed by atoms with van der Waals surface area (Å²) in [6, 6.07) is 14.5. The van der Waals surface area contributed by atoms with E-state index in [1.54, 1.807) is 20.0 Å². The predicted octanol–water partition coefficient (Wildman–Crippen LogP) is 5.64. The Labute approximate surface area is 226 Å². The normalized spacial score (nSPS) is 14.1. The van der Waals surface area contributed by atoms with Crippen LogP contribution in [0.2, 0.25) is 0 Å². The second-order valence-electron chi connectivity index (χ2n) is 10.5. The molecule has 0 aromatic heterocycles. The van der Waals surface area contributed by atoms with Crippen molar-refractivity contribution >= 4 is 18.0 Å². The van der Waals surface area contributed by atoms with Crippen LogP contribution in [0.1, 0.15) is 57.6 Å². The minimum atomic E-state index is -0.886. The number of carbonyl (C=O) groups is 3. The van der Waals surface area contributed by atoms with Crippen LogP contribution >= 0.6 is 0 Å². The second kappa shape index (κ2) is 12.3. The SMILES string of the molecule is C=CC(C)(C)[C@@H](C(=O)OCCCC)N(C)C(=O)[C@@H](C)N(C)C(=O)OCC1c2ccccc2-c2ccccc21. The number of benzene rings is 2. The molecule has 204 valence electrons. The molecule has 38 heavy (non-hydrogen) atoms. The highest BCUT2D eigenvalue weighted by Crippen LogP contribution is 2.44. The molecule has 2 atom stereocenters. The van der Waals surface area contributed by atoms with Crippen LogP contribution in [0.5, 0.6) is 0 Å². The first kappa shape index (κ1) is 29.0. The largest absolute Gasteiger partial charge is 0.464 e. The molecule has 3 rings (SSSR count). The highest BCUT2D eigenvalue weighted by Gasteiger charge is 2.42. The van der Waals surface area contributed by atoms with Crippen molar-refractivity contribution in [2.45, 2.75) is 58.5 Å². The topological polar surface area (TPSA) is 76.2 Å². The molecule has 7 nitrogen and oxygen atoms in total. The molecule has 1 aliphatic rings. The Morgan fingerprint density at radius 1 is 0.974 bits per heavy atom. The third-order valence-corrected chi connectivity index (χ3v) is 7.49. The molecule has 0 aliphatic heterocycles. The Bertz CT molecular complexity index is 1130. The van der Waals surface area contributed by atoms with Crippen molar-refractivity contribution in [2.75, 3.05) is 27.3 Å². The molecule has 0 radical (unpaired) electrons. The molecule has 0 spiro atoms. The highest BCUT2D eigenvalue weighted by molar-refractivity contribution is 5.90. The maximum Gasteiger partial charge on any atom is 0.410 e. The molecular weight excluding hydrogens is 480 g/mol. The first-order chi connectivity index (χ1) is 18.0. The fraction of sp³-hybridized carbons (Fsp3) is 0.452. The van der Waals surface area contributed by atoms with E-state index >= 15 is 0 Å². The predicted molar refractivity (Wildman–Crippen MR) is 149 cm³/mol. The van der Waals surface area contributed by atoms with E-state index in [-0.39, 0.29) is 19.1 Å². The lowest BCUT2D eigenvalue weighted by atomic mass is 9.83. The van der Waals surface area contributed by atoms with Gasteiger partial charge in [0.05, 0.1) is 6.61 Å². The van der Waals surface area contributed by atoms with Crippen LogP contribution in [0.3, 0.4) is 0 Å². The number of likely N-dealkylation sites (N-methyl/N-ethyl adjacent to an activating group) is 2. The van der Waals surface area contributed by atoms with Crippen molar-refractivity contribution in [3.8, 4) is 11.1 Å². The number of ether oxygens (including phenoxy) is 2. The van der Waals surface area contributed by atoms with Gasteiger partial charge in [0.2, 0.25) is 5.91 Å². The van der Waals surface area contributed by atoms with Gasteiger partial charge in [-0.25, -0.2) is 9.59 Å². The van der Waals surface area contributed by atoms with Gasteiger partial charge in [-0.2, -0.15) is 0 Å². The molecule has 2 aromatic carbocycles. The smallest absolute Gasteiger partial charge is 0.410 e. The molecule has 0 bridgehead atoms. The molecule has 0 N–H and O–H groups in total. The van der Waals surface area contributed by atoms with Gasteiger partial charge in [0.1, 0.15) is 18.7 Å². The first-order valence-electron chi connectivity index (χ1n) is 13.2. The maximum atomic E-state index is 13.4. The van der Waals surface area contributed by atoms with E-state index in [4.69, 9.17) is 9.47 Å². The molecule has 0 fully saturated rings. The van der Waals surface area contributed by atoms with Gasteiger partial charge in [-0.3, -0.25) is 9.69 Å². The Hall–Kier alpha value is -3.61. The van der Waals surface area contributed by atoms with E-state index in [2.05, 4.69) is 30.8 Å². The lowest BCUT2D eigenvalue weighted by molar-refractivity contribution is -0.159. The zero-order valence-electron chi connectivity index (χ0n) is 23.4. The van der Waals surface area contributed by atoms with Gasteiger partial charge in [-0.1, -0.05) is 81.8 Å². The monoisotopic (exact) mass is 520 g/mol. The number of rotatable bonds is 11. The van der Waals surface area contributed by atoms with Crippen LogP contribution in [0.15, 0.2) is 61.2 Å². The van der Waals surface area contributed by atoms with Gasteiger partial charge in [0.15, 0.2) is 0 Å². The number of amides is 2. The van der Waals surface area contributed by atoms with Crippen molar-refractivity contribution < 1.29 is 23.9 Å². The lowest BCUT2D eigenvalue weighted by Crippen LogP contribution is -2.56. The number of nitrogens with zero attached hydrogens (tertiary/aromatic N) is 2. The van der Waals surface area contributed by atoms with Crippen LogP contribution in [0, 0.1) is 5.41 Å². The van der Waals surface area contributed by atoms with E-state index in [1.165, 1.54) is 16.8 Å². The van der Waals surface area contributed by atoms with Gasteiger partial charge >= 0.3 is 12.1 Å². The Balaban J connectivity index is 1.69. The summed E-state index contributed by atoms with van der Waals surface area (Å²) >= 11 is 0. The van der Waals surface area contributed by atoms with E-state index in [9.17, 15) is 14.4 Å². The van der Waals surface area contributed by atoms with Gasteiger partial charge < -0.3 is 14.4 Å². The second-order valence-corrected chi connectivity index (χ2v) is 10.5. The number of fused-ring (bicyclic) bond motifs is 3. The standard InChI is InChI=1S/C31H40N2O5/c1-8-10-19-37-29(35)27(31(4,5)9-2)33(7)28(34)21(3)32(6)30(36)38-20-26-24-17-13-11-15-22(24)23-16-12-14-18-25(23)26/h9,11-18,21,26-27H,2,8,10,19-20H2,1,3-7H3/t21-,27-/m1/s1. The minimum Gasteiger partial charge on any atom is -0.464 e. The number of hydrogen-bond donors (Lipinski definition) is 0. The van der Waals surface area contributed by atoms with E-state index in [0.29, 0.717) is 0 Å². The van der Waals surface area contributed by atoms with Crippen LogP contribution in [0.4, 0.5) is 4.79 Å². The van der Waals surface area contributed by atoms with E-state index < -0.39 is 35.5 Å². The van der Waals surface area contributed by atoms with Crippen molar-refractivity contribution in [3.05, 3.63) is 72.3 Å². The number of esters is 1. The van der Waals surface area contributed by atoms with Crippen LogP contribution in [0.25, 0.3) is 11.1 Å². The molecular formula is C31H40N2O5. The Morgan fingerprint density at radius 3 is 2.05 bits per heavy atom. The summed E-state index contributed by atoms with van der Waals surface area (Å²) in [6.45, 7) is 11.6. The number of unbranched alkanes of at least 4 members (excludes halogenated alkanes) is 1. The van der Waals surface area contributed by atoms with Crippen molar-refractivity contribution in [3.63, 3.8) is 0 Å². The summed E-state index contributed by atoms with van der Waals surface area (Å²) < 4.78 is 11.2. The van der Waals surface area contributed by atoms with Gasteiger partial charge in [-0.15, -0.1) is 6.58 Å². The Morgan fingerprint density at radius 2 is 1.53 bits per heavy atom. The summed E-state index contributed by atoms with van der Waals surface area (Å²) in [5.41, 5.74) is 3.78. The molecule has 0 unspecified atom stereocenters. The zero-order chi connectivity index (χ0) is 28.0. The maximum absolute atomic E-state index is 13.4. The van der Waals surface area contributed by atoms with Gasteiger partial charge in [0, 0.05) is 25.4 Å². The fourth-order valence-corrected chi connectivity index (χ4v) is 4.91. The van der Waals surface area contributed by atoms with Crippen molar-refractivity contribution in [2.24, 2.45) is 5.41 Å². The summed E-state index contributed by atoms with van der Waals surface area (Å²) in [7, 11) is 3.09. The first-order valence-corrected chi connectivity index (χ1v) is 13.2. The molecule has 7 heteroatoms. The van der Waals surface area contributed by atoms with Crippen LogP contribution in [-0.2, 0) is 19.1 Å². The molecule has 1 aliphatic carbocycles. The molecule has 0 saturated carbocycles. The van der Waals surface area contributed by atoms with Gasteiger partial charge in [0.25, 0.3) is 0 Å². The molecule has 2 amide bonds. The summed E-state index contributed by atoms with van der Waals surface area (Å²) in [6.07, 6.45) is 2.67. The average Bonchev–Trinajstić information content (AvgIpc) is 3.24. The Kier molecular flexibility index (Phi) is 9.36. The highest BCUT2D eigenvalue weighted by atomic mass is 16.6. The third kappa shape index (κ3) is 5.93. The molecule has 2 aromatic rings. The summed E-state index contributed by atoms with van der Waals surface area (Å²) in [4.78, 5) is 42.1. The molecule has 0 heterocycles. The van der Waals surface area contributed by atoms with Crippen molar-refractivity contribution in [1.29, 1.82) is 0 Å². The van der Waals surface area contributed by atoms with E-state index in [1.807, 2.05) is 45.0 Å². The summed E-state index contributed by atoms with van der Waals surface area (Å²) in [5.74, 6) is -0.965. The van der Waals surface area contributed by atoms with E-state index in [0.717, 1.165) is 35.1 Å². The summed E-state index contributed by atoms with van der Waals surface area (Å²) in [5, 5.41) is 0.